The van der Waals surface area contributed by atoms with Crippen LogP contribution in [0.2, 0.25) is 0 Å². The molecule has 1 aromatic heterocycles. The Hall–Kier alpha value is -4.39. The van der Waals surface area contributed by atoms with Crippen molar-refractivity contribution in [3.63, 3.8) is 0 Å². The number of carbonyl (C=O) groups is 2. The van der Waals surface area contributed by atoms with E-state index in [0.29, 0.717) is 17.9 Å². The van der Waals surface area contributed by atoms with E-state index in [0.717, 1.165) is 25.3 Å². The summed E-state index contributed by atoms with van der Waals surface area (Å²) in [7, 11) is 0. The summed E-state index contributed by atoms with van der Waals surface area (Å²) in [6.45, 7) is 2.40. The second-order valence-electron chi connectivity index (χ2n) is 8.15. The van der Waals surface area contributed by atoms with Gasteiger partial charge in [0.2, 0.25) is 5.76 Å². The van der Waals surface area contributed by atoms with Gasteiger partial charge >= 0.3 is 5.97 Å². The SMILES string of the molecule is CCOC(=O)c1cc(=O)c2cccc(NC(=O)c3ccc(OCCCCc4ccccc4)cc3)c2o1. The summed E-state index contributed by atoms with van der Waals surface area (Å²) >= 11 is 0. The number of aryl methyl sites for hydroxylation is 1. The van der Waals surface area contributed by atoms with Gasteiger partial charge in [0.1, 0.15) is 5.75 Å². The highest BCUT2D eigenvalue weighted by molar-refractivity contribution is 6.08. The molecule has 0 aliphatic heterocycles. The van der Waals surface area contributed by atoms with E-state index >= 15 is 0 Å². The number of esters is 1. The largest absolute Gasteiger partial charge is 0.494 e. The van der Waals surface area contributed by atoms with Crippen LogP contribution in [0, 0.1) is 0 Å². The molecule has 0 fully saturated rings. The van der Waals surface area contributed by atoms with Crippen LogP contribution in [0.5, 0.6) is 5.75 Å². The van der Waals surface area contributed by atoms with Gasteiger partial charge in [0.25, 0.3) is 5.91 Å². The van der Waals surface area contributed by atoms with Gasteiger partial charge in [0.05, 0.1) is 24.3 Å². The number of hydrogen-bond donors (Lipinski definition) is 1. The smallest absolute Gasteiger partial charge is 0.374 e. The molecule has 0 aliphatic rings. The molecule has 36 heavy (non-hydrogen) atoms. The van der Waals surface area contributed by atoms with Gasteiger partial charge in [-0.3, -0.25) is 9.59 Å². The fourth-order valence-corrected chi connectivity index (χ4v) is 3.74. The fourth-order valence-electron chi connectivity index (χ4n) is 3.74. The topological polar surface area (TPSA) is 94.8 Å². The first-order chi connectivity index (χ1) is 17.5. The molecule has 1 amide bonds. The van der Waals surface area contributed by atoms with E-state index in [4.69, 9.17) is 13.9 Å². The minimum Gasteiger partial charge on any atom is -0.494 e. The van der Waals surface area contributed by atoms with Crippen LogP contribution in [0.25, 0.3) is 11.0 Å². The summed E-state index contributed by atoms with van der Waals surface area (Å²) in [5, 5.41) is 3.00. The first kappa shape index (κ1) is 24.7. The first-order valence-corrected chi connectivity index (χ1v) is 11.9. The van der Waals surface area contributed by atoms with E-state index in [2.05, 4.69) is 17.4 Å². The Morgan fingerprint density at radius 1 is 0.917 bits per heavy atom. The lowest BCUT2D eigenvalue weighted by atomic mass is 10.1. The average molecular weight is 486 g/mol. The third-order valence-corrected chi connectivity index (χ3v) is 5.57. The molecule has 4 aromatic rings. The molecule has 4 rings (SSSR count). The molecule has 0 radical (unpaired) electrons. The van der Waals surface area contributed by atoms with E-state index in [1.165, 1.54) is 5.56 Å². The Balaban J connectivity index is 1.37. The Kier molecular flexibility index (Phi) is 8.13. The third kappa shape index (κ3) is 6.18. The molecule has 0 unspecified atom stereocenters. The second-order valence-corrected chi connectivity index (χ2v) is 8.15. The summed E-state index contributed by atoms with van der Waals surface area (Å²) in [4.78, 5) is 37.4. The minimum atomic E-state index is -0.742. The Labute approximate surface area is 208 Å². The van der Waals surface area contributed by atoms with Crippen molar-refractivity contribution in [1.82, 2.24) is 0 Å². The molecule has 0 bridgehead atoms. The molecule has 0 saturated heterocycles. The highest BCUT2D eigenvalue weighted by atomic mass is 16.5. The molecule has 3 aromatic carbocycles. The lowest BCUT2D eigenvalue weighted by Crippen LogP contribution is -2.14. The molecule has 7 nitrogen and oxygen atoms in total. The molecule has 7 heteroatoms. The highest BCUT2D eigenvalue weighted by Gasteiger charge is 2.17. The van der Waals surface area contributed by atoms with Crippen LogP contribution < -0.4 is 15.5 Å². The maximum Gasteiger partial charge on any atom is 0.374 e. The highest BCUT2D eigenvalue weighted by Crippen LogP contribution is 2.24. The number of hydrogen-bond acceptors (Lipinski definition) is 6. The summed E-state index contributed by atoms with van der Waals surface area (Å²) in [5.74, 6) is -0.669. The van der Waals surface area contributed by atoms with Gasteiger partial charge in [-0.05, 0) is 68.1 Å². The van der Waals surface area contributed by atoms with E-state index in [9.17, 15) is 14.4 Å². The summed E-state index contributed by atoms with van der Waals surface area (Å²) in [6, 6.07) is 23.1. The van der Waals surface area contributed by atoms with E-state index in [1.54, 1.807) is 49.4 Å². The normalized spacial score (nSPS) is 10.7. The quantitative estimate of drug-likeness (QED) is 0.231. The number of benzene rings is 3. The van der Waals surface area contributed by atoms with Gasteiger partial charge in [-0.15, -0.1) is 0 Å². The summed E-state index contributed by atoms with van der Waals surface area (Å²) in [5.41, 5.74) is 1.71. The summed E-state index contributed by atoms with van der Waals surface area (Å²) in [6.07, 6.45) is 2.97. The molecule has 0 spiro atoms. The molecular weight excluding hydrogens is 458 g/mol. The molecule has 0 atom stereocenters. The van der Waals surface area contributed by atoms with Gasteiger partial charge < -0.3 is 19.2 Å². The molecule has 0 aliphatic carbocycles. The number of rotatable bonds is 10. The monoisotopic (exact) mass is 485 g/mol. The Bertz CT molecular complexity index is 1390. The second kappa shape index (κ2) is 11.8. The van der Waals surface area contributed by atoms with Crippen molar-refractivity contribution >= 4 is 28.5 Å². The Morgan fingerprint density at radius 2 is 1.69 bits per heavy atom. The van der Waals surface area contributed by atoms with Crippen molar-refractivity contribution in [2.24, 2.45) is 0 Å². The minimum absolute atomic E-state index is 0.108. The Morgan fingerprint density at radius 3 is 2.44 bits per heavy atom. The molecule has 1 N–H and O–H groups in total. The number of amides is 1. The van der Waals surface area contributed by atoms with Gasteiger partial charge in [-0.25, -0.2) is 4.79 Å². The summed E-state index contributed by atoms with van der Waals surface area (Å²) < 4.78 is 16.3. The van der Waals surface area contributed by atoms with Crippen LogP contribution in [0.1, 0.15) is 46.2 Å². The lowest BCUT2D eigenvalue weighted by molar-refractivity contribution is 0.0490. The molecule has 184 valence electrons. The number of ether oxygens (including phenoxy) is 2. The number of anilines is 1. The van der Waals surface area contributed by atoms with Crippen LogP contribution in [0.4, 0.5) is 5.69 Å². The number of fused-ring (bicyclic) bond motifs is 1. The van der Waals surface area contributed by atoms with E-state index in [-0.39, 0.29) is 34.9 Å². The maximum absolute atomic E-state index is 12.8. The van der Waals surface area contributed by atoms with Crippen molar-refractivity contribution in [2.75, 3.05) is 18.5 Å². The van der Waals surface area contributed by atoms with Gasteiger partial charge in [-0.1, -0.05) is 36.4 Å². The zero-order valence-corrected chi connectivity index (χ0v) is 20.0. The zero-order valence-electron chi connectivity index (χ0n) is 20.0. The number of carbonyl (C=O) groups excluding carboxylic acids is 2. The average Bonchev–Trinajstić information content (AvgIpc) is 2.90. The molecular formula is C29H27NO6. The maximum atomic E-state index is 12.8. The predicted molar refractivity (Wildman–Crippen MR) is 138 cm³/mol. The van der Waals surface area contributed by atoms with Crippen LogP contribution in [0.15, 0.2) is 88.1 Å². The number of para-hydroxylation sites is 1. The molecule has 1 heterocycles. The van der Waals surface area contributed by atoms with Gasteiger partial charge in [-0.2, -0.15) is 0 Å². The van der Waals surface area contributed by atoms with Crippen LogP contribution in [0.3, 0.4) is 0 Å². The van der Waals surface area contributed by atoms with E-state index in [1.807, 2.05) is 18.2 Å². The standard InChI is InChI=1S/C29H27NO6/c1-2-34-29(33)26-19-25(31)23-12-8-13-24(27(23)36-26)30-28(32)21-14-16-22(17-15-21)35-18-7-6-11-20-9-4-3-5-10-20/h3-5,8-10,12-17,19H,2,6-7,11,18H2,1H3,(H,30,32). The third-order valence-electron chi connectivity index (χ3n) is 5.57. The van der Waals surface area contributed by atoms with Crippen molar-refractivity contribution in [3.05, 3.63) is 106 Å². The number of unbranched alkanes of at least 4 members (excludes halogenated alkanes) is 1. The predicted octanol–water partition coefficient (Wildman–Crippen LogP) is 5.62. The van der Waals surface area contributed by atoms with Gasteiger partial charge in [0, 0.05) is 11.6 Å². The van der Waals surface area contributed by atoms with Crippen molar-refractivity contribution in [1.29, 1.82) is 0 Å². The van der Waals surface area contributed by atoms with Crippen molar-refractivity contribution in [2.45, 2.75) is 26.2 Å². The van der Waals surface area contributed by atoms with Crippen molar-refractivity contribution < 1.29 is 23.5 Å². The van der Waals surface area contributed by atoms with Crippen molar-refractivity contribution in [3.8, 4) is 5.75 Å². The van der Waals surface area contributed by atoms with Crippen LogP contribution >= 0.6 is 0 Å². The number of nitrogens with one attached hydrogen (secondary N) is 1. The first-order valence-electron chi connectivity index (χ1n) is 11.9. The lowest BCUT2D eigenvalue weighted by Gasteiger charge is -2.10. The molecule has 0 saturated carbocycles. The van der Waals surface area contributed by atoms with Crippen LogP contribution in [-0.4, -0.2) is 25.1 Å². The zero-order chi connectivity index (χ0) is 25.3. The van der Waals surface area contributed by atoms with Crippen LogP contribution in [-0.2, 0) is 11.2 Å². The van der Waals surface area contributed by atoms with Gasteiger partial charge in [0.15, 0.2) is 11.0 Å². The fraction of sp³-hybridized carbons (Fsp3) is 0.207. The van der Waals surface area contributed by atoms with E-state index < -0.39 is 11.4 Å².